The second kappa shape index (κ2) is 4.36. The van der Waals surface area contributed by atoms with E-state index in [-0.39, 0.29) is 17.6 Å². The number of nitrogens with zero attached hydrogens (tertiary/aromatic N) is 1. The Balaban J connectivity index is 2.06. The standard InChI is InChI=1S/C18H21NO4/c1-10-4-5-12(20)15-14(10)17-8-9-19(3)11(2)18(17,22)7-6-13(21)16(17)23-15/h4-7,11,16,20,22H,8-9H2,1-3H3/t11?,16-,17-,18?/m0/s1. The van der Waals surface area contributed by atoms with E-state index in [4.69, 9.17) is 4.74 Å². The highest BCUT2D eigenvalue weighted by molar-refractivity contribution is 5.98. The number of phenolic OH excluding ortho intramolecular Hbond substituents is 1. The summed E-state index contributed by atoms with van der Waals surface area (Å²) in [7, 11) is 1.97. The van der Waals surface area contributed by atoms with Gasteiger partial charge in [-0.05, 0) is 57.6 Å². The first kappa shape index (κ1) is 14.7. The normalized spacial score (nSPS) is 38.7. The van der Waals surface area contributed by atoms with Gasteiger partial charge < -0.3 is 19.8 Å². The molecule has 0 radical (unpaired) electrons. The van der Waals surface area contributed by atoms with Crippen molar-refractivity contribution in [2.45, 2.75) is 43.4 Å². The zero-order chi connectivity index (χ0) is 16.6. The molecule has 2 N–H and O–H groups in total. The molecule has 1 spiro atoms. The molecule has 0 aromatic heterocycles. The van der Waals surface area contributed by atoms with Crippen molar-refractivity contribution in [2.24, 2.45) is 0 Å². The first-order valence-corrected chi connectivity index (χ1v) is 7.98. The van der Waals surface area contributed by atoms with Crippen molar-refractivity contribution in [1.29, 1.82) is 0 Å². The fraction of sp³-hybridized carbons (Fsp3) is 0.500. The molecule has 4 rings (SSSR count). The average molecular weight is 315 g/mol. The summed E-state index contributed by atoms with van der Waals surface area (Å²) in [6, 6.07) is 3.23. The predicted octanol–water partition coefficient (Wildman–Crippen LogP) is 1.29. The summed E-state index contributed by atoms with van der Waals surface area (Å²) in [6.45, 7) is 4.65. The SMILES string of the molecule is Cc1ccc(O)c2c1[C@]13CCN(C)C(C)C1(O)C=CC(=O)[C@@H]3O2. The first-order chi connectivity index (χ1) is 10.8. The average Bonchev–Trinajstić information content (AvgIpc) is 2.89. The van der Waals surface area contributed by atoms with Crippen molar-refractivity contribution in [3.8, 4) is 11.5 Å². The number of likely N-dealkylation sites (N-methyl/N-ethyl adjacent to an activating group) is 1. The molecule has 0 bridgehead atoms. The molecule has 2 unspecified atom stereocenters. The molecule has 4 atom stereocenters. The molecule has 2 heterocycles. The Morgan fingerprint density at radius 1 is 1.39 bits per heavy atom. The van der Waals surface area contributed by atoms with Gasteiger partial charge in [0, 0.05) is 11.6 Å². The third-order valence-corrected chi connectivity index (χ3v) is 6.11. The number of fused-ring (bicyclic) bond motifs is 1. The largest absolute Gasteiger partial charge is 0.504 e. The second-order valence-corrected chi connectivity index (χ2v) is 7.04. The molecule has 2 aliphatic heterocycles. The molecule has 23 heavy (non-hydrogen) atoms. The van der Waals surface area contributed by atoms with Gasteiger partial charge >= 0.3 is 0 Å². The van der Waals surface area contributed by atoms with E-state index in [1.54, 1.807) is 12.1 Å². The number of carbonyl (C=O) groups is 1. The molecule has 1 saturated heterocycles. The van der Waals surface area contributed by atoms with Crippen molar-refractivity contribution in [3.63, 3.8) is 0 Å². The van der Waals surface area contributed by atoms with E-state index < -0.39 is 17.1 Å². The number of rotatable bonds is 0. The molecule has 5 nitrogen and oxygen atoms in total. The van der Waals surface area contributed by atoms with E-state index >= 15 is 0 Å². The number of hydrogen-bond acceptors (Lipinski definition) is 5. The maximum Gasteiger partial charge on any atom is 0.196 e. The number of aliphatic hydroxyl groups is 1. The molecule has 1 aliphatic carbocycles. The van der Waals surface area contributed by atoms with Crippen LogP contribution in [0, 0.1) is 6.92 Å². The van der Waals surface area contributed by atoms with Crippen LogP contribution in [0.1, 0.15) is 24.5 Å². The quantitative estimate of drug-likeness (QED) is 0.755. The number of ketones is 1. The predicted molar refractivity (Wildman–Crippen MR) is 84.7 cm³/mol. The molecule has 0 saturated carbocycles. The van der Waals surface area contributed by atoms with Crippen LogP contribution in [0.3, 0.4) is 0 Å². The first-order valence-electron chi connectivity index (χ1n) is 7.98. The van der Waals surface area contributed by atoms with Gasteiger partial charge in [-0.3, -0.25) is 4.79 Å². The van der Waals surface area contributed by atoms with Crippen LogP contribution in [0.2, 0.25) is 0 Å². The minimum absolute atomic E-state index is 0.0242. The maximum absolute atomic E-state index is 12.5. The van der Waals surface area contributed by atoms with Gasteiger partial charge in [0.1, 0.15) is 5.60 Å². The number of aromatic hydroxyl groups is 1. The van der Waals surface area contributed by atoms with Crippen LogP contribution in [-0.2, 0) is 10.2 Å². The van der Waals surface area contributed by atoms with Crippen LogP contribution in [0.5, 0.6) is 11.5 Å². The molecule has 1 aromatic carbocycles. The highest BCUT2D eigenvalue weighted by Crippen LogP contribution is 2.60. The van der Waals surface area contributed by atoms with Crippen molar-refractivity contribution in [1.82, 2.24) is 4.90 Å². The highest BCUT2D eigenvalue weighted by Gasteiger charge is 2.68. The monoisotopic (exact) mass is 315 g/mol. The zero-order valence-electron chi connectivity index (χ0n) is 13.5. The van der Waals surface area contributed by atoms with E-state index in [9.17, 15) is 15.0 Å². The van der Waals surface area contributed by atoms with Gasteiger partial charge in [0.05, 0.1) is 5.41 Å². The van der Waals surface area contributed by atoms with Crippen molar-refractivity contribution < 1.29 is 19.7 Å². The molecule has 5 heteroatoms. The van der Waals surface area contributed by atoms with E-state index in [1.165, 1.54) is 6.08 Å². The molecule has 1 fully saturated rings. The number of likely N-dealkylation sites (tertiary alicyclic amines) is 1. The van der Waals surface area contributed by atoms with Crippen LogP contribution < -0.4 is 4.74 Å². The lowest BCUT2D eigenvalue weighted by Crippen LogP contribution is -2.71. The van der Waals surface area contributed by atoms with Gasteiger partial charge in [-0.2, -0.15) is 0 Å². The van der Waals surface area contributed by atoms with Gasteiger partial charge in [0.15, 0.2) is 23.4 Å². The Hall–Kier alpha value is -1.85. The third kappa shape index (κ3) is 1.52. The number of phenols is 1. The summed E-state index contributed by atoms with van der Waals surface area (Å²) >= 11 is 0. The van der Waals surface area contributed by atoms with E-state index in [2.05, 4.69) is 4.90 Å². The molecular formula is C18H21NO4. The van der Waals surface area contributed by atoms with Gasteiger partial charge in [0.2, 0.25) is 0 Å². The Morgan fingerprint density at radius 2 is 2.13 bits per heavy atom. The number of carbonyl (C=O) groups excluding carboxylic acids is 1. The van der Waals surface area contributed by atoms with Crippen molar-refractivity contribution in [3.05, 3.63) is 35.4 Å². The lowest BCUT2D eigenvalue weighted by atomic mass is 9.55. The summed E-state index contributed by atoms with van der Waals surface area (Å²) in [5.74, 6) is 0.222. The number of benzene rings is 1. The van der Waals surface area contributed by atoms with Crippen LogP contribution in [0.15, 0.2) is 24.3 Å². The van der Waals surface area contributed by atoms with Crippen LogP contribution in [0.25, 0.3) is 0 Å². The van der Waals surface area contributed by atoms with Crippen LogP contribution >= 0.6 is 0 Å². The van der Waals surface area contributed by atoms with Crippen molar-refractivity contribution >= 4 is 5.78 Å². The molecular weight excluding hydrogens is 294 g/mol. The molecule has 122 valence electrons. The van der Waals surface area contributed by atoms with Gasteiger partial charge in [-0.25, -0.2) is 0 Å². The van der Waals surface area contributed by atoms with Gasteiger partial charge in [-0.15, -0.1) is 0 Å². The summed E-state index contributed by atoms with van der Waals surface area (Å²) in [4.78, 5) is 14.6. The van der Waals surface area contributed by atoms with E-state index in [0.717, 1.165) is 17.7 Å². The van der Waals surface area contributed by atoms with E-state index in [0.29, 0.717) is 12.2 Å². The number of aryl methyl sites for hydroxylation is 1. The van der Waals surface area contributed by atoms with Crippen molar-refractivity contribution in [2.75, 3.05) is 13.6 Å². The summed E-state index contributed by atoms with van der Waals surface area (Å²) < 4.78 is 5.91. The third-order valence-electron chi connectivity index (χ3n) is 6.11. The number of piperidine rings is 1. The Labute approximate surface area is 135 Å². The molecule has 1 aromatic rings. The summed E-state index contributed by atoms with van der Waals surface area (Å²) in [5.41, 5.74) is -0.355. The minimum Gasteiger partial charge on any atom is -0.504 e. The van der Waals surface area contributed by atoms with Crippen LogP contribution in [-0.4, -0.2) is 52.2 Å². The smallest absolute Gasteiger partial charge is 0.196 e. The lowest BCUT2D eigenvalue weighted by molar-refractivity contribution is -0.146. The number of hydrogen-bond donors (Lipinski definition) is 2. The van der Waals surface area contributed by atoms with Gasteiger partial charge in [0.25, 0.3) is 0 Å². The second-order valence-electron chi connectivity index (χ2n) is 7.04. The molecule has 3 aliphatic rings. The Morgan fingerprint density at radius 3 is 2.87 bits per heavy atom. The highest BCUT2D eigenvalue weighted by atomic mass is 16.5. The minimum atomic E-state index is -1.22. The topological polar surface area (TPSA) is 70.0 Å². The fourth-order valence-electron chi connectivity index (χ4n) is 4.70. The Bertz CT molecular complexity index is 743. The molecule has 0 amide bonds. The van der Waals surface area contributed by atoms with E-state index in [1.807, 2.05) is 27.0 Å². The van der Waals surface area contributed by atoms with Gasteiger partial charge in [-0.1, -0.05) is 6.07 Å². The summed E-state index contributed by atoms with van der Waals surface area (Å²) in [5, 5.41) is 21.9. The maximum atomic E-state index is 12.5. The van der Waals surface area contributed by atoms with Crippen LogP contribution in [0.4, 0.5) is 0 Å². The number of ether oxygens (including phenoxy) is 1. The summed E-state index contributed by atoms with van der Waals surface area (Å²) in [6.07, 6.45) is 2.88. The zero-order valence-corrected chi connectivity index (χ0v) is 13.5. The Kier molecular flexibility index (Phi) is 2.79. The fourth-order valence-corrected chi connectivity index (χ4v) is 4.70. The lowest BCUT2D eigenvalue weighted by Gasteiger charge is -2.56.